The summed E-state index contributed by atoms with van der Waals surface area (Å²) in [7, 11) is 0.0379. The molecule has 216 valence electrons. The van der Waals surface area contributed by atoms with Crippen LogP contribution in [0.3, 0.4) is 0 Å². The Hall–Kier alpha value is -2.64. The fourth-order valence-corrected chi connectivity index (χ4v) is 7.63. The zero-order valence-corrected chi connectivity index (χ0v) is 24.7. The van der Waals surface area contributed by atoms with Crippen molar-refractivity contribution in [2.75, 3.05) is 58.9 Å². The van der Waals surface area contributed by atoms with Crippen LogP contribution in [-0.2, 0) is 19.6 Å². The third-order valence-electron chi connectivity index (χ3n) is 7.74. The lowest BCUT2D eigenvalue weighted by Crippen LogP contribution is -2.47. The van der Waals surface area contributed by atoms with Crippen molar-refractivity contribution in [1.29, 1.82) is 0 Å². The molecule has 10 nitrogen and oxygen atoms in total. The normalized spacial score (nSPS) is 18.2. The number of likely N-dealkylation sites (N-methyl/N-ethyl adjacent to an activating group) is 1. The highest BCUT2D eigenvalue weighted by Gasteiger charge is 2.30. The van der Waals surface area contributed by atoms with E-state index in [1.54, 1.807) is 41.7 Å². The molecule has 0 bridgehead atoms. The Kier molecular flexibility index (Phi) is 9.31. The van der Waals surface area contributed by atoms with Crippen molar-refractivity contribution in [3.05, 3.63) is 42.0 Å². The van der Waals surface area contributed by atoms with Gasteiger partial charge >= 0.3 is 0 Å². The monoisotopic (exact) mass is 587 g/mol. The molecule has 3 aromatic rings. The number of ether oxygens (including phenoxy) is 2. The summed E-state index contributed by atoms with van der Waals surface area (Å²) in [5.41, 5.74) is 1.50. The number of anilines is 1. The number of aromatic nitrogens is 2. The lowest BCUT2D eigenvalue weighted by molar-refractivity contribution is -0.118. The van der Waals surface area contributed by atoms with Crippen LogP contribution >= 0.6 is 11.3 Å². The number of carbonyl (C=O) groups excluding carboxylic acids is 1. The fraction of sp³-hybridized carbons (Fsp3) is 0.536. The highest BCUT2D eigenvalue weighted by Crippen LogP contribution is 2.36. The first-order valence-electron chi connectivity index (χ1n) is 13.8. The first kappa shape index (κ1) is 28.9. The minimum absolute atomic E-state index is 0.141. The average Bonchev–Trinajstić information content (AvgIpc) is 3.61. The van der Waals surface area contributed by atoms with Gasteiger partial charge in [-0.1, -0.05) is 49.2 Å². The van der Waals surface area contributed by atoms with Gasteiger partial charge in [-0.15, -0.1) is 0 Å². The van der Waals surface area contributed by atoms with E-state index in [1.165, 1.54) is 24.2 Å². The second-order valence-electron chi connectivity index (χ2n) is 10.5. The van der Waals surface area contributed by atoms with Gasteiger partial charge in [0.2, 0.25) is 21.8 Å². The zero-order valence-electron chi connectivity index (χ0n) is 23.0. The number of fused-ring (bicyclic) bond motifs is 1. The topological polar surface area (TPSA) is 114 Å². The summed E-state index contributed by atoms with van der Waals surface area (Å²) < 4.78 is 38.6. The van der Waals surface area contributed by atoms with Gasteiger partial charge in [0.25, 0.3) is 0 Å². The molecular weight excluding hydrogens is 550 g/mol. The minimum atomic E-state index is -3.57. The number of pyridine rings is 1. The van der Waals surface area contributed by atoms with E-state index in [0.717, 1.165) is 24.8 Å². The number of benzene rings is 1. The Labute approximate surface area is 239 Å². The Morgan fingerprint density at radius 1 is 1.05 bits per heavy atom. The van der Waals surface area contributed by atoms with Crippen LogP contribution in [0.4, 0.5) is 5.13 Å². The number of hydrogen-bond acceptors (Lipinski definition) is 9. The SMILES string of the molecule is COCCOc1ccc2nc(NC(=O)[C@H](CC3CCCC3)c3ccc(S(=O)(=O)N4CCN(C)CC4)cc3)sc2n1. The molecule has 2 aliphatic rings. The maximum absolute atomic E-state index is 13.6. The largest absolute Gasteiger partial charge is 0.475 e. The van der Waals surface area contributed by atoms with E-state index in [4.69, 9.17) is 9.47 Å². The molecule has 1 aliphatic carbocycles. The minimum Gasteiger partial charge on any atom is -0.475 e. The lowest BCUT2D eigenvalue weighted by Gasteiger charge is -2.31. The molecule has 1 saturated carbocycles. The van der Waals surface area contributed by atoms with Gasteiger partial charge in [-0.05, 0) is 43.1 Å². The van der Waals surface area contributed by atoms with Crippen molar-refractivity contribution in [1.82, 2.24) is 19.2 Å². The maximum atomic E-state index is 13.6. The number of amides is 1. The van der Waals surface area contributed by atoms with Gasteiger partial charge in [-0.2, -0.15) is 4.31 Å². The average molecular weight is 588 g/mol. The van der Waals surface area contributed by atoms with E-state index in [1.807, 2.05) is 13.1 Å². The molecule has 0 radical (unpaired) electrons. The predicted octanol–water partition coefficient (Wildman–Crippen LogP) is 3.96. The van der Waals surface area contributed by atoms with Gasteiger partial charge in [-0.3, -0.25) is 4.79 Å². The number of piperazine rings is 1. The maximum Gasteiger partial charge on any atom is 0.243 e. The van der Waals surface area contributed by atoms with Crippen LogP contribution in [0.5, 0.6) is 5.88 Å². The zero-order chi connectivity index (χ0) is 28.1. The van der Waals surface area contributed by atoms with E-state index in [2.05, 4.69) is 20.2 Å². The number of methoxy groups -OCH3 is 1. The van der Waals surface area contributed by atoms with Gasteiger partial charge in [-0.25, -0.2) is 18.4 Å². The summed E-state index contributed by atoms with van der Waals surface area (Å²) in [6, 6.07) is 10.5. The molecular formula is C28H37N5O5S2. The molecule has 1 aliphatic heterocycles. The molecule has 0 spiro atoms. The van der Waals surface area contributed by atoms with Gasteiger partial charge < -0.3 is 19.7 Å². The Bertz CT molecular complexity index is 1400. The number of sulfonamides is 1. The van der Waals surface area contributed by atoms with Crippen molar-refractivity contribution in [3.63, 3.8) is 0 Å². The van der Waals surface area contributed by atoms with Crippen LogP contribution in [0.25, 0.3) is 10.3 Å². The first-order valence-corrected chi connectivity index (χ1v) is 16.1. The smallest absolute Gasteiger partial charge is 0.243 e. The molecule has 1 aromatic carbocycles. The van der Waals surface area contributed by atoms with Crippen LogP contribution in [0, 0.1) is 5.92 Å². The van der Waals surface area contributed by atoms with E-state index < -0.39 is 15.9 Å². The summed E-state index contributed by atoms with van der Waals surface area (Å²) in [5.74, 6) is 0.402. The molecule has 3 heterocycles. The predicted molar refractivity (Wildman–Crippen MR) is 155 cm³/mol. The second-order valence-corrected chi connectivity index (χ2v) is 13.5. The lowest BCUT2D eigenvalue weighted by atomic mass is 9.87. The van der Waals surface area contributed by atoms with Crippen LogP contribution in [0.15, 0.2) is 41.3 Å². The third-order valence-corrected chi connectivity index (χ3v) is 10.5. The number of nitrogens with one attached hydrogen (secondary N) is 1. The molecule has 5 rings (SSSR count). The summed E-state index contributed by atoms with van der Waals surface area (Å²) in [6.07, 6.45) is 5.29. The molecule has 1 atom stereocenters. The van der Waals surface area contributed by atoms with Crippen molar-refractivity contribution in [2.24, 2.45) is 5.92 Å². The molecule has 0 unspecified atom stereocenters. The second kappa shape index (κ2) is 12.9. The van der Waals surface area contributed by atoms with E-state index in [-0.39, 0.29) is 10.8 Å². The van der Waals surface area contributed by atoms with Crippen LogP contribution in [0.1, 0.15) is 43.6 Å². The number of thiazole rings is 1. The van der Waals surface area contributed by atoms with E-state index in [0.29, 0.717) is 66.7 Å². The molecule has 40 heavy (non-hydrogen) atoms. The molecule has 1 N–H and O–H groups in total. The highest BCUT2D eigenvalue weighted by atomic mass is 32.2. The number of carbonyl (C=O) groups is 1. The summed E-state index contributed by atoms with van der Waals surface area (Å²) >= 11 is 1.30. The summed E-state index contributed by atoms with van der Waals surface area (Å²) in [6.45, 7) is 3.25. The third kappa shape index (κ3) is 6.80. The standard InChI is InChI=1S/C28H37N5O5S2/c1-32-13-15-33(16-14-32)40(35,36)22-9-7-21(8-10-22)23(19-20-5-3-4-6-20)26(34)31-28-29-24-11-12-25(30-27(24)39-28)38-18-17-37-2/h7-12,20,23H,3-6,13-19H2,1-2H3,(H,29,31,34)/t23-/m1/s1. The van der Waals surface area contributed by atoms with Crippen LogP contribution in [0.2, 0.25) is 0 Å². The van der Waals surface area contributed by atoms with Crippen molar-refractivity contribution in [2.45, 2.75) is 42.9 Å². The molecule has 12 heteroatoms. The van der Waals surface area contributed by atoms with E-state index in [9.17, 15) is 13.2 Å². The first-order chi connectivity index (χ1) is 19.3. The van der Waals surface area contributed by atoms with Crippen molar-refractivity contribution < 1.29 is 22.7 Å². The van der Waals surface area contributed by atoms with Gasteiger partial charge in [0, 0.05) is 39.4 Å². The Morgan fingerprint density at radius 3 is 2.48 bits per heavy atom. The van der Waals surface area contributed by atoms with Gasteiger partial charge in [0.05, 0.1) is 17.4 Å². The fourth-order valence-electron chi connectivity index (χ4n) is 5.38. The van der Waals surface area contributed by atoms with Crippen LogP contribution < -0.4 is 10.1 Å². The quantitative estimate of drug-likeness (QED) is 0.336. The summed E-state index contributed by atoms with van der Waals surface area (Å²) in [5, 5.41) is 3.49. The number of nitrogens with zero attached hydrogens (tertiary/aromatic N) is 4. The number of rotatable bonds is 11. The highest BCUT2D eigenvalue weighted by molar-refractivity contribution is 7.89. The van der Waals surface area contributed by atoms with Crippen molar-refractivity contribution in [3.8, 4) is 5.88 Å². The van der Waals surface area contributed by atoms with Crippen molar-refractivity contribution >= 4 is 42.7 Å². The molecule has 1 amide bonds. The van der Waals surface area contributed by atoms with Gasteiger partial charge in [0.15, 0.2) is 5.13 Å². The summed E-state index contributed by atoms with van der Waals surface area (Å²) in [4.78, 5) is 25.8. The van der Waals surface area contributed by atoms with E-state index >= 15 is 0 Å². The molecule has 1 saturated heterocycles. The van der Waals surface area contributed by atoms with Gasteiger partial charge in [0.1, 0.15) is 17.0 Å². The number of hydrogen-bond donors (Lipinski definition) is 1. The molecule has 2 aromatic heterocycles. The van der Waals surface area contributed by atoms with Crippen LogP contribution in [-0.4, -0.2) is 87.0 Å². The Morgan fingerprint density at radius 2 is 1.77 bits per heavy atom. The Balaban J connectivity index is 1.33. The molecule has 2 fully saturated rings.